The zero-order valence-electron chi connectivity index (χ0n) is 28.4. The first-order chi connectivity index (χ1) is 22.4. The minimum atomic E-state index is 0.442. The summed E-state index contributed by atoms with van der Waals surface area (Å²) in [5, 5.41) is 0. The van der Waals surface area contributed by atoms with E-state index >= 15 is 0 Å². The quantitative estimate of drug-likeness (QED) is 0.0559. The topological polar surface area (TPSA) is 90.9 Å². The SMILES string of the molecule is CCCCCCCCCCCCCCCOCCOCCOCCOCCOCCOCCOCCOc1ccc(C=O)cc1. The molecule has 0 atom stereocenters. The minimum Gasteiger partial charge on any atom is -0.491 e. The number of benzene rings is 1. The summed E-state index contributed by atoms with van der Waals surface area (Å²) in [5.74, 6) is 0.714. The van der Waals surface area contributed by atoms with Crippen molar-refractivity contribution in [2.24, 2.45) is 0 Å². The highest BCUT2D eigenvalue weighted by Crippen LogP contribution is 2.13. The van der Waals surface area contributed by atoms with Crippen molar-refractivity contribution in [2.75, 3.05) is 99.1 Å². The molecule has 0 aliphatic carbocycles. The van der Waals surface area contributed by atoms with Gasteiger partial charge in [0.15, 0.2) is 0 Å². The standard InChI is InChI=1S/C36H64O9/c1-2-3-4-5-6-7-8-9-10-11-12-13-14-19-38-20-21-39-22-23-40-24-25-41-26-27-42-28-29-43-30-31-44-32-33-45-36-17-15-35(34-37)16-18-36/h15-18,34H,2-14,19-33H2,1H3. The fourth-order valence-corrected chi connectivity index (χ4v) is 4.50. The highest BCUT2D eigenvalue weighted by Gasteiger charge is 1.98. The molecule has 0 unspecified atom stereocenters. The molecule has 45 heavy (non-hydrogen) atoms. The van der Waals surface area contributed by atoms with Crippen molar-refractivity contribution in [2.45, 2.75) is 90.4 Å². The molecule has 262 valence electrons. The second kappa shape index (κ2) is 35.3. The van der Waals surface area contributed by atoms with E-state index in [-0.39, 0.29) is 0 Å². The van der Waals surface area contributed by atoms with Gasteiger partial charge in [-0.05, 0) is 30.7 Å². The molecule has 0 N–H and O–H groups in total. The Hall–Kier alpha value is -1.59. The molecule has 0 radical (unpaired) electrons. The van der Waals surface area contributed by atoms with Gasteiger partial charge in [0.1, 0.15) is 18.6 Å². The molecule has 0 aliphatic rings. The summed E-state index contributed by atoms with van der Waals surface area (Å²) in [6.45, 7) is 10.6. The third-order valence-electron chi connectivity index (χ3n) is 7.14. The van der Waals surface area contributed by atoms with Gasteiger partial charge >= 0.3 is 0 Å². The second-order valence-electron chi connectivity index (χ2n) is 11.1. The van der Waals surface area contributed by atoms with E-state index in [4.69, 9.17) is 37.9 Å². The summed E-state index contributed by atoms with van der Waals surface area (Å²) in [6.07, 6.45) is 18.6. The summed E-state index contributed by atoms with van der Waals surface area (Å²) < 4.78 is 44.2. The molecule has 0 aliphatic heterocycles. The molecule has 1 aromatic carbocycles. The molecule has 0 bridgehead atoms. The first-order valence-electron chi connectivity index (χ1n) is 17.6. The van der Waals surface area contributed by atoms with Crippen molar-refractivity contribution >= 4 is 6.29 Å². The van der Waals surface area contributed by atoms with Crippen LogP contribution in [-0.4, -0.2) is 105 Å². The van der Waals surface area contributed by atoms with Gasteiger partial charge in [-0.25, -0.2) is 0 Å². The maximum absolute atomic E-state index is 10.6. The number of hydrogen-bond donors (Lipinski definition) is 0. The predicted molar refractivity (Wildman–Crippen MR) is 179 cm³/mol. The molecule has 0 spiro atoms. The highest BCUT2D eigenvalue weighted by molar-refractivity contribution is 5.74. The molecule has 9 heteroatoms. The van der Waals surface area contributed by atoms with Gasteiger partial charge in [0.25, 0.3) is 0 Å². The van der Waals surface area contributed by atoms with Gasteiger partial charge in [0, 0.05) is 12.2 Å². The molecule has 0 heterocycles. The van der Waals surface area contributed by atoms with Gasteiger partial charge in [-0.3, -0.25) is 4.79 Å². The van der Waals surface area contributed by atoms with Gasteiger partial charge in [-0.15, -0.1) is 0 Å². The largest absolute Gasteiger partial charge is 0.491 e. The van der Waals surface area contributed by atoms with Crippen molar-refractivity contribution in [3.63, 3.8) is 0 Å². The third-order valence-corrected chi connectivity index (χ3v) is 7.14. The number of carbonyl (C=O) groups is 1. The van der Waals surface area contributed by atoms with E-state index in [9.17, 15) is 4.79 Å². The van der Waals surface area contributed by atoms with Gasteiger partial charge in [0.2, 0.25) is 0 Å². The van der Waals surface area contributed by atoms with E-state index in [0.29, 0.717) is 104 Å². The van der Waals surface area contributed by atoms with Crippen LogP contribution in [0.3, 0.4) is 0 Å². The average Bonchev–Trinajstić information content (AvgIpc) is 3.06. The summed E-state index contributed by atoms with van der Waals surface area (Å²) >= 11 is 0. The fraction of sp³-hybridized carbons (Fsp3) is 0.806. The highest BCUT2D eigenvalue weighted by atomic mass is 16.6. The minimum absolute atomic E-state index is 0.442. The number of ether oxygens (including phenoxy) is 8. The van der Waals surface area contributed by atoms with Gasteiger partial charge in [-0.1, -0.05) is 84.0 Å². The van der Waals surface area contributed by atoms with E-state index in [1.165, 1.54) is 77.0 Å². The van der Waals surface area contributed by atoms with Crippen molar-refractivity contribution in [1.29, 1.82) is 0 Å². The van der Waals surface area contributed by atoms with E-state index in [1.54, 1.807) is 24.3 Å². The van der Waals surface area contributed by atoms with E-state index in [2.05, 4.69) is 6.92 Å². The van der Waals surface area contributed by atoms with Crippen LogP contribution in [0.1, 0.15) is 101 Å². The van der Waals surface area contributed by atoms with Gasteiger partial charge in [-0.2, -0.15) is 0 Å². The van der Waals surface area contributed by atoms with E-state index in [1.807, 2.05) is 0 Å². The maximum atomic E-state index is 10.6. The number of unbranched alkanes of at least 4 members (excludes halogenated alkanes) is 12. The maximum Gasteiger partial charge on any atom is 0.150 e. The molecule has 0 saturated carbocycles. The number of rotatable bonds is 37. The van der Waals surface area contributed by atoms with Crippen molar-refractivity contribution in [1.82, 2.24) is 0 Å². The number of hydrogen-bond acceptors (Lipinski definition) is 9. The summed E-state index contributed by atoms with van der Waals surface area (Å²) in [7, 11) is 0. The monoisotopic (exact) mass is 640 g/mol. The number of aldehydes is 1. The van der Waals surface area contributed by atoms with Crippen LogP contribution in [-0.2, 0) is 33.2 Å². The number of carbonyl (C=O) groups excluding carboxylic acids is 1. The Morgan fingerprint density at radius 3 is 1.07 bits per heavy atom. The third kappa shape index (κ3) is 30.8. The van der Waals surface area contributed by atoms with Gasteiger partial charge < -0.3 is 37.9 Å². The summed E-state index contributed by atoms with van der Waals surface area (Å²) in [5.41, 5.74) is 0.626. The van der Waals surface area contributed by atoms with Crippen molar-refractivity contribution in [3.05, 3.63) is 29.8 Å². The fourth-order valence-electron chi connectivity index (χ4n) is 4.50. The molecule has 1 aromatic rings. The lowest BCUT2D eigenvalue weighted by Gasteiger charge is -2.09. The van der Waals surface area contributed by atoms with E-state index < -0.39 is 0 Å². The zero-order valence-corrected chi connectivity index (χ0v) is 28.4. The van der Waals surface area contributed by atoms with Crippen LogP contribution in [0, 0.1) is 0 Å². The van der Waals surface area contributed by atoms with Crippen LogP contribution in [0.5, 0.6) is 5.75 Å². The van der Waals surface area contributed by atoms with Crippen LogP contribution >= 0.6 is 0 Å². The molecular weight excluding hydrogens is 576 g/mol. The summed E-state index contributed by atoms with van der Waals surface area (Å²) in [4.78, 5) is 10.6. The lowest BCUT2D eigenvalue weighted by Crippen LogP contribution is -2.15. The van der Waals surface area contributed by atoms with Crippen LogP contribution in [0.4, 0.5) is 0 Å². The zero-order chi connectivity index (χ0) is 32.1. The average molecular weight is 641 g/mol. The first kappa shape index (κ1) is 41.4. The first-order valence-corrected chi connectivity index (χ1v) is 17.6. The Morgan fingerprint density at radius 1 is 0.400 bits per heavy atom. The molecule has 0 saturated heterocycles. The Morgan fingerprint density at radius 2 is 0.711 bits per heavy atom. The Kier molecular flexibility index (Phi) is 32.5. The Balaban J connectivity index is 1.63. The predicted octanol–water partition coefficient (Wildman–Crippen LogP) is 7.09. The second-order valence-corrected chi connectivity index (χ2v) is 11.1. The van der Waals surface area contributed by atoms with Crippen LogP contribution in [0.2, 0.25) is 0 Å². The van der Waals surface area contributed by atoms with E-state index in [0.717, 1.165) is 19.3 Å². The van der Waals surface area contributed by atoms with Gasteiger partial charge in [0.05, 0.1) is 85.9 Å². The molecular formula is C36H64O9. The van der Waals surface area contributed by atoms with Crippen molar-refractivity contribution < 1.29 is 42.7 Å². The normalized spacial score (nSPS) is 11.3. The Bertz CT molecular complexity index is 717. The molecule has 9 nitrogen and oxygen atoms in total. The van der Waals surface area contributed by atoms with Crippen LogP contribution < -0.4 is 4.74 Å². The molecule has 0 amide bonds. The molecule has 0 aromatic heterocycles. The summed E-state index contributed by atoms with van der Waals surface area (Å²) in [6, 6.07) is 6.97. The van der Waals surface area contributed by atoms with Crippen LogP contribution in [0.25, 0.3) is 0 Å². The lowest BCUT2D eigenvalue weighted by atomic mass is 10.0. The van der Waals surface area contributed by atoms with Crippen LogP contribution in [0.15, 0.2) is 24.3 Å². The lowest BCUT2D eigenvalue weighted by molar-refractivity contribution is -0.0213. The molecule has 1 rings (SSSR count). The smallest absolute Gasteiger partial charge is 0.150 e. The Labute approximate surface area is 273 Å². The molecule has 0 fully saturated rings. The van der Waals surface area contributed by atoms with Crippen molar-refractivity contribution in [3.8, 4) is 5.75 Å².